The van der Waals surface area contributed by atoms with Gasteiger partial charge >= 0.3 is 0 Å². The molecule has 8 nitrogen and oxygen atoms in total. The number of nitrogens with zero attached hydrogens (tertiary/aromatic N) is 1. The van der Waals surface area contributed by atoms with Gasteiger partial charge in [-0.1, -0.05) is 29.5 Å². The summed E-state index contributed by atoms with van der Waals surface area (Å²) in [6.07, 6.45) is 0. The van der Waals surface area contributed by atoms with E-state index >= 15 is 0 Å². The molecule has 26 heavy (non-hydrogen) atoms. The molecule has 0 spiro atoms. The lowest BCUT2D eigenvalue weighted by molar-refractivity contribution is -0.384. The first kappa shape index (κ1) is 17.2. The summed E-state index contributed by atoms with van der Waals surface area (Å²) >= 11 is 0.774. The highest BCUT2D eigenvalue weighted by molar-refractivity contribution is 7.12. The van der Waals surface area contributed by atoms with Gasteiger partial charge in [-0.3, -0.25) is 35.3 Å². The average molecular weight is 369 g/mol. The van der Waals surface area contributed by atoms with Crippen molar-refractivity contribution in [2.75, 3.05) is 0 Å². The van der Waals surface area contributed by atoms with Crippen molar-refractivity contribution in [1.29, 1.82) is 0 Å². The van der Waals surface area contributed by atoms with Crippen LogP contribution in [0, 0.1) is 10.1 Å². The summed E-state index contributed by atoms with van der Waals surface area (Å²) in [5.41, 5.74) is 4.43. The van der Waals surface area contributed by atoms with E-state index < -0.39 is 16.7 Å². The minimum Gasteiger partial charge on any atom is -0.277 e. The van der Waals surface area contributed by atoms with E-state index in [1.807, 2.05) is 0 Å². The zero-order chi connectivity index (χ0) is 18.7. The number of hydrogen-bond acceptors (Lipinski definition) is 6. The first-order valence-corrected chi connectivity index (χ1v) is 8.15. The Hall–Kier alpha value is -3.59. The second-order valence-corrected chi connectivity index (χ2v) is 6.21. The fraction of sp³-hybridized carbons (Fsp3) is 0. The van der Waals surface area contributed by atoms with Crippen molar-refractivity contribution in [2.45, 2.75) is 0 Å². The average Bonchev–Trinajstić information content (AvgIpc) is 2.65. The van der Waals surface area contributed by atoms with Gasteiger partial charge in [0.25, 0.3) is 17.5 Å². The molecule has 9 heteroatoms. The molecular weight excluding hydrogens is 358 g/mol. The lowest BCUT2D eigenvalue weighted by Crippen LogP contribution is -2.41. The van der Waals surface area contributed by atoms with Crippen LogP contribution in [0.15, 0.2) is 59.4 Å². The molecule has 2 aromatic carbocycles. The largest absolute Gasteiger partial charge is 0.279 e. The number of amides is 2. The summed E-state index contributed by atoms with van der Waals surface area (Å²) in [6.45, 7) is 0. The number of nitro groups is 1. The fourth-order valence-corrected chi connectivity index (χ4v) is 3.05. The monoisotopic (exact) mass is 369 g/mol. The van der Waals surface area contributed by atoms with Gasteiger partial charge in [-0.05, 0) is 29.7 Å². The normalized spacial score (nSPS) is 10.3. The second-order valence-electron chi connectivity index (χ2n) is 5.20. The molecule has 1 heterocycles. The Kier molecular flexibility index (Phi) is 4.72. The summed E-state index contributed by atoms with van der Waals surface area (Å²) < 4.78 is -0.255. The number of fused-ring (bicyclic) bond motifs is 1. The van der Waals surface area contributed by atoms with Gasteiger partial charge in [0.2, 0.25) is 4.74 Å². The molecule has 0 fully saturated rings. The zero-order valence-electron chi connectivity index (χ0n) is 13.1. The molecule has 130 valence electrons. The maximum absolute atomic E-state index is 12.2. The van der Waals surface area contributed by atoms with Gasteiger partial charge in [-0.15, -0.1) is 0 Å². The third kappa shape index (κ3) is 3.57. The van der Waals surface area contributed by atoms with Gasteiger partial charge in [0, 0.05) is 23.1 Å². The van der Waals surface area contributed by atoms with Crippen molar-refractivity contribution in [2.24, 2.45) is 0 Å². The molecule has 0 aliphatic heterocycles. The highest BCUT2D eigenvalue weighted by Crippen LogP contribution is 2.15. The minimum absolute atomic E-state index is 0.141. The van der Waals surface area contributed by atoms with E-state index in [4.69, 9.17) is 0 Å². The summed E-state index contributed by atoms with van der Waals surface area (Å²) in [7, 11) is 0. The number of carbonyl (C=O) groups is 2. The van der Waals surface area contributed by atoms with Crippen LogP contribution in [0.1, 0.15) is 20.0 Å². The number of hydrazine groups is 1. The number of carbonyl (C=O) groups excluding carboxylic acids is 2. The molecule has 0 atom stereocenters. The Morgan fingerprint density at radius 3 is 2.31 bits per heavy atom. The number of hydrogen-bond donors (Lipinski definition) is 2. The van der Waals surface area contributed by atoms with Gasteiger partial charge in [0.15, 0.2) is 0 Å². The SMILES string of the molecule is O=C(NNC(=O)c1cc2ccccc2c(=O)s1)c1ccc([N+](=O)[O-])cc1. The van der Waals surface area contributed by atoms with Crippen LogP contribution in [0.4, 0.5) is 5.69 Å². The van der Waals surface area contributed by atoms with Gasteiger partial charge in [-0.2, -0.15) is 0 Å². The van der Waals surface area contributed by atoms with Crippen LogP contribution in [-0.2, 0) is 0 Å². The molecular formula is C17H11N3O5S. The fourth-order valence-electron chi connectivity index (χ4n) is 2.23. The Labute approximate surface area is 150 Å². The number of non-ortho nitro benzene ring substituents is 1. The van der Waals surface area contributed by atoms with E-state index in [1.54, 1.807) is 30.3 Å². The van der Waals surface area contributed by atoms with E-state index in [0.717, 1.165) is 11.3 Å². The Morgan fingerprint density at radius 1 is 0.962 bits per heavy atom. The summed E-state index contributed by atoms with van der Waals surface area (Å²) in [4.78, 5) is 46.4. The summed E-state index contributed by atoms with van der Waals surface area (Å²) in [5, 5.41) is 11.7. The van der Waals surface area contributed by atoms with Crippen molar-refractivity contribution in [3.05, 3.63) is 84.7 Å². The van der Waals surface area contributed by atoms with E-state index in [-0.39, 0.29) is 20.9 Å². The molecule has 0 aliphatic rings. The van der Waals surface area contributed by atoms with Gasteiger partial charge in [-0.25, -0.2) is 0 Å². The molecule has 2 amide bonds. The Morgan fingerprint density at radius 2 is 1.62 bits per heavy atom. The maximum Gasteiger partial charge on any atom is 0.279 e. The Balaban J connectivity index is 1.71. The van der Waals surface area contributed by atoms with E-state index in [0.29, 0.717) is 10.8 Å². The first-order chi connectivity index (χ1) is 12.5. The smallest absolute Gasteiger partial charge is 0.277 e. The quantitative estimate of drug-likeness (QED) is 0.542. The van der Waals surface area contributed by atoms with Crippen LogP contribution < -0.4 is 15.6 Å². The first-order valence-electron chi connectivity index (χ1n) is 7.34. The lowest BCUT2D eigenvalue weighted by Gasteiger charge is -2.07. The summed E-state index contributed by atoms with van der Waals surface area (Å²) in [6, 6.07) is 13.4. The van der Waals surface area contributed by atoms with Gasteiger partial charge in [0.1, 0.15) is 0 Å². The van der Waals surface area contributed by atoms with Crippen molar-refractivity contribution >= 4 is 39.6 Å². The molecule has 0 saturated heterocycles. The molecule has 3 rings (SSSR count). The predicted molar refractivity (Wildman–Crippen MR) is 96.1 cm³/mol. The minimum atomic E-state index is -0.638. The number of nitro benzene ring substituents is 1. The maximum atomic E-state index is 12.2. The molecule has 3 aromatic rings. The predicted octanol–water partition coefficient (Wildman–Crippen LogP) is 2.24. The summed E-state index contributed by atoms with van der Waals surface area (Å²) in [5.74, 6) is -1.27. The molecule has 0 radical (unpaired) electrons. The van der Waals surface area contributed by atoms with E-state index in [1.165, 1.54) is 24.3 Å². The molecule has 0 bridgehead atoms. The third-order valence-corrected chi connectivity index (χ3v) is 4.45. The molecule has 2 N–H and O–H groups in total. The Bertz CT molecular complexity index is 1080. The third-order valence-electron chi connectivity index (χ3n) is 3.52. The number of nitrogens with one attached hydrogen (secondary N) is 2. The lowest BCUT2D eigenvalue weighted by atomic mass is 10.2. The van der Waals surface area contributed by atoms with Crippen LogP contribution in [0.2, 0.25) is 0 Å². The van der Waals surface area contributed by atoms with Crippen LogP contribution in [0.25, 0.3) is 10.8 Å². The molecule has 0 unspecified atom stereocenters. The molecule has 0 aliphatic carbocycles. The van der Waals surface area contributed by atoms with Gasteiger partial charge in [0.05, 0.1) is 9.80 Å². The second kappa shape index (κ2) is 7.11. The number of rotatable bonds is 3. The van der Waals surface area contributed by atoms with Crippen molar-refractivity contribution in [3.63, 3.8) is 0 Å². The van der Waals surface area contributed by atoms with E-state index in [2.05, 4.69) is 10.9 Å². The van der Waals surface area contributed by atoms with Crippen LogP contribution in [-0.4, -0.2) is 16.7 Å². The van der Waals surface area contributed by atoms with Crippen molar-refractivity contribution in [1.82, 2.24) is 10.9 Å². The standard InChI is InChI=1S/C17H11N3O5S/c21-15(10-5-7-12(8-6-10)20(24)25)18-19-16(22)14-9-11-3-1-2-4-13(11)17(23)26-14/h1-9H,(H,18,21)(H,19,22). The molecule has 0 saturated carbocycles. The highest BCUT2D eigenvalue weighted by atomic mass is 32.1. The van der Waals surface area contributed by atoms with Crippen LogP contribution in [0.5, 0.6) is 0 Å². The van der Waals surface area contributed by atoms with Gasteiger partial charge < -0.3 is 0 Å². The van der Waals surface area contributed by atoms with E-state index in [9.17, 15) is 24.5 Å². The van der Waals surface area contributed by atoms with Crippen molar-refractivity contribution < 1.29 is 14.5 Å². The van der Waals surface area contributed by atoms with Crippen LogP contribution >= 0.6 is 11.3 Å². The number of benzene rings is 2. The molecule has 1 aromatic heterocycles. The zero-order valence-corrected chi connectivity index (χ0v) is 13.9. The topological polar surface area (TPSA) is 118 Å². The van der Waals surface area contributed by atoms with Crippen LogP contribution in [0.3, 0.4) is 0 Å². The van der Waals surface area contributed by atoms with Crippen molar-refractivity contribution in [3.8, 4) is 0 Å². The highest BCUT2D eigenvalue weighted by Gasteiger charge is 2.13.